The van der Waals surface area contributed by atoms with Crippen molar-refractivity contribution in [2.24, 2.45) is 11.7 Å². The second-order valence-electron chi connectivity index (χ2n) is 5.77. The molecule has 0 spiro atoms. The molecule has 19 heavy (non-hydrogen) atoms. The lowest BCUT2D eigenvalue weighted by Gasteiger charge is -2.22. The van der Waals surface area contributed by atoms with E-state index in [1.807, 2.05) is 0 Å². The van der Waals surface area contributed by atoms with E-state index in [4.69, 9.17) is 10.5 Å². The first kappa shape index (κ1) is 14.5. The molecule has 1 atom stereocenters. The first-order valence-corrected chi connectivity index (χ1v) is 7.43. The smallest absolute Gasteiger partial charge is 0.146 e. The van der Waals surface area contributed by atoms with E-state index in [0.717, 1.165) is 37.6 Å². The van der Waals surface area contributed by atoms with Crippen molar-refractivity contribution >= 4 is 0 Å². The van der Waals surface area contributed by atoms with Crippen LogP contribution < -0.4 is 5.73 Å². The molecule has 5 heteroatoms. The second kappa shape index (κ2) is 7.01. The lowest BCUT2D eigenvalue weighted by atomic mass is 10.0. The summed E-state index contributed by atoms with van der Waals surface area (Å²) in [6.45, 7) is 6.72. The number of hydrogen-bond donors (Lipinski definition) is 1. The zero-order valence-electron chi connectivity index (χ0n) is 12.1. The van der Waals surface area contributed by atoms with E-state index >= 15 is 0 Å². The van der Waals surface area contributed by atoms with Crippen LogP contribution in [0, 0.1) is 5.92 Å². The number of hydrogen-bond acceptors (Lipinski definition) is 4. The molecule has 1 aromatic heterocycles. The van der Waals surface area contributed by atoms with Gasteiger partial charge in [0.2, 0.25) is 0 Å². The monoisotopic (exact) mass is 266 g/mol. The van der Waals surface area contributed by atoms with Crippen molar-refractivity contribution in [3.8, 4) is 0 Å². The summed E-state index contributed by atoms with van der Waals surface area (Å²) in [5.74, 6) is 2.53. The summed E-state index contributed by atoms with van der Waals surface area (Å²) in [4.78, 5) is 0. The van der Waals surface area contributed by atoms with Crippen molar-refractivity contribution in [3.63, 3.8) is 0 Å². The fraction of sp³-hybridized carbons (Fsp3) is 0.857. The Kier molecular flexibility index (Phi) is 5.34. The number of nitrogens with two attached hydrogens (primary N) is 1. The van der Waals surface area contributed by atoms with Crippen LogP contribution in [0.4, 0.5) is 0 Å². The highest BCUT2D eigenvalue weighted by Crippen LogP contribution is 2.18. The van der Waals surface area contributed by atoms with Crippen molar-refractivity contribution in [3.05, 3.63) is 11.6 Å². The predicted molar refractivity (Wildman–Crippen MR) is 74.7 cm³/mol. The Bertz CT molecular complexity index is 383. The number of ether oxygens (including phenoxy) is 1. The van der Waals surface area contributed by atoms with Gasteiger partial charge in [-0.2, -0.15) is 0 Å². The standard InChI is InChI=1S/C14H26N4O/c1-11(2)10-18-13(16-17-14(18)9-15)7-6-12-5-3-4-8-19-12/h11-12H,3-10,15H2,1-2H3. The Hall–Kier alpha value is -0.940. The zero-order valence-corrected chi connectivity index (χ0v) is 12.1. The molecule has 5 nitrogen and oxygen atoms in total. The molecule has 0 aromatic carbocycles. The molecule has 108 valence electrons. The van der Waals surface area contributed by atoms with Crippen LogP contribution in [-0.2, 0) is 24.2 Å². The first-order valence-electron chi connectivity index (χ1n) is 7.43. The van der Waals surface area contributed by atoms with Crippen LogP contribution in [0.1, 0.15) is 51.2 Å². The lowest BCUT2D eigenvalue weighted by Crippen LogP contribution is -2.21. The minimum atomic E-state index is 0.402. The minimum Gasteiger partial charge on any atom is -0.378 e. The van der Waals surface area contributed by atoms with Crippen LogP contribution in [0.25, 0.3) is 0 Å². The number of aryl methyl sites for hydroxylation is 1. The van der Waals surface area contributed by atoms with Gasteiger partial charge in [-0.3, -0.25) is 0 Å². The second-order valence-corrected chi connectivity index (χ2v) is 5.77. The fourth-order valence-corrected chi connectivity index (χ4v) is 2.61. The fourth-order valence-electron chi connectivity index (χ4n) is 2.61. The van der Waals surface area contributed by atoms with E-state index in [-0.39, 0.29) is 0 Å². The summed E-state index contributed by atoms with van der Waals surface area (Å²) in [7, 11) is 0. The topological polar surface area (TPSA) is 66.0 Å². The molecule has 2 rings (SSSR count). The first-order chi connectivity index (χ1) is 9.20. The quantitative estimate of drug-likeness (QED) is 0.854. The van der Waals surface area contributed by atoms with Gasteiger partial charge in [-0.25, -0.2) is 0 Å². The van der Waals surface area contributed by atoms with Gasteiger partial charge in [0.25, 0.3) is 0 Å². The maximum Gasteiger partial charge on any atom is 0.146 e. The van der Waals surface area contributed by atoms with Gasteiger partial charge in [-0.05, 0) is 31.6 Å². The van der Waals surface area contributed by atoms with Crippen molar-refractivity contribution in [2.45, 2.75) is 65.1 Å². The molecule has 0 amide bonds. The molecule has 1 aliphatic rings. The van der Waals surface area contributed by atoms with Gasteiger partial charge < -0.3 is 15.0 Å². The third-order valence-electron chi connectivity index (χ3n) is 3.60. The molecule has 0 radical (unpaired) electrons. The predicted octanol–water partition coefficient (Wildman–Crippen LogP) is 1.89. The molecule has 1 unspecified atom stereocenters. The van der Waals surface area contributed by atoms with Gasteiger partial charge in [0, 0.05) is 19.6 Å². The third-order valence-corrected chi connectivity index (χ3v) is 3.60. The summed E-state index contributed by atoms with van der Waals surface area (Å²) in [5.41, 5.74) is 5.73. The maximum atomic E-state index is 5.77. The largest absolute Gasteiger partial charge is 0.378 e. The molecule has 1 saturated heterocycles. The molecule has 2 N–H and O–H groups in total. The third kappa shape index (κ3) is 4.01. The molecule has 0 saturated carbocycles. The average molecular weight is 266 g/mol. The number of aromatic nitrogens is 3. The highest BCUT2D eigenvalue weighted by atomic mass is 16.5. The van der Waals surface area contributed by atoms with Crippen molar-refractivity contribution in [1.29, 1.82) is 0 Å². The highest BCUT2D eigenvalue weighted by Gasteiger charge is 2.17. The van der Waals surface area contributed by atoms with Gasteiger partial charge >= 0.3 is 0 Å². The molecular formula is C14H26N4O. The van der Waals surface area contributed by atoms with Crippen LogP contribution in [-0.4, -0.2) is 27.5 Å². The van der Waals surface area contributed by atoms with Crippen molar-refractivity contribution in [2.75, 3.05) is 6.61 Å². The summed E-state index contributed by atoms with van der Waals surface area (Å²) in [6, 6.07) is 0. The molecular weight excluding hydrogens is 240 g/mol. The number of rotatable bonds is 6. The molecule has 1 aromatic rings. The van der Waals surface area contributed by atoms with Crippen LogP contribution >= 0.6 is 0 Å². The van der Waals surface area contributed by atoms with E-state index in [0.29, 0.717) is 18.6 Å². The van der Waals surface area contributed by atoms with Gasteiger partial charge in [0.1, 0.15) is 11.6 Å². The Balaban J connectivity index is 1.96. The van der Waals surface area contributed by atoms with E-state index in [1.54, 1.807) is 0 Å². The Labute approximate surface area is 115 Å². The summed E-state index contributed by atoms with van der Waals surface area (Å²) in [6.07, 6.45) is 6.06. The van der Waals surface area contributed by atoms with Gasteiger partial charge in [-0.15, -0.1) is 10.2 Å². The Morgan fingerprint density at radius 2 is 2.11 bits per heavy atom. The summed E-state index contributed by atoms with van der Waals surface area (Å²) >= 11 is 0. The van der Waals surface area contributed by atoms with Gasteiger partial charge in [0.15, 0.2) is 0 Å². The summed E-state index contributed by atoms with van der Waals surface area (Å²) < 4.78 is 7.96. The lowest BCUT2D eigenvalue weighted by molar-refractivity contribution is 0.0111. The van der Waals surface area contributed by atoms with Crippen LogP contribution in [0.15, 0.2) is 0 Å². The zero-order chi connectivity index (χ0) is 13.7. The van der Waals surface area contributed by atoms with Crippen LogP contribution in [0.3, 0.4) is 0 Å². The van der Waals surface area contributed by atoms with E-state index in [2.05, 4.69) is 28.6 Å². The van der Waals surface area contributed by atoms with Crippen molar-refractivity contribution < 1.29 is 4.74 Å². The van der Waals surface area contributed by atoms with E-state index in [1.165, 1.54) is 19.3 Å². The van der Waals surface area contributed by atoms with Crippen molar-refractivity contribution in [1.82, 2.24) is 14.8 Å². The minimum absolute atomic E-state index is 0.402. The SMILES string of the molecule is CC(C)Cn1c(CN)nnc1CCC1CCCCO1. The normalized spacial score (nSPS) is 20.1. The summed E-state index contributed by atoms with van der Waals surface area (Å²) in [5, 5.41) is 8.50. The van der Waals surface area contributed by atoms with E-state index < -0.39 is 0 Å². The molecule has 2 heterocycles. The van der Waals surface area contributed by atoms with Crippen LogP contribution in [0.5, 0.6) is 0 Å². The van der Waals surface area contributed by atoms with Gasteiger partial charge in [0.05, 0.1) is 12.6 Å². The Morgan fingerprint density at radius 1 is 1.32 bits per heavy atom. The Morgan fingerprint density at radius 3 is 2.74 bits per heavy atom. The molecule has 0 aliphatic carbocycles. The average Bonchev–Trinajstić information content (AvgIpc) is 2.79. The molecule has 1 aliphatic heterocycles. The highest BCUT2D eigenvalue weighted by molar-refractivity contribution is 4.96. The molecule has 1 fully saturated rings. The van der Waals surface area contributed by atoms with Gasteiger partial charge in [-0.1, -0.05) is 13.8 Å². The maximum absolute atomic E-state index is 5.77. The van der Waals surface area contributed by atoms with Crippen LogP contribution in [0.2, 0.25) is 0 Å². The van der Waals surface area contributed by atoms with E-state index in [9.17, 15) is 0 Å². The number of nitrogens with zero attached hydrogens (tertiary/aromatic N) is 3. The molecule has 0 bridgehead atoms.